The highest BCUT2D eigenvalue weighted by Gasteiger charge is 2.15. The Morgan fingerprint density at radius 2 is 1.84 bits per heavy atom. The summed E-state index contributed by atoms with van der Waals surface area (Å²) in [5.41, 5.74) is 1.77. The van der Waals surface area contributed by atoms with E-state index in [1.54, 1.807) is 0 Å². The first kappa shape index (κ1) is 15.2. The zero-order valence-corrected chi connectivity index (χ0v) is 11.8. The number of benzene rings is 1. The van der Waals surface area contributed by atoms with Gasteiger partial charge in [0.15, 0.2) is 0 Å². The number of carbonyl (C=O) groups excluding carboxylic acids is 2. The van der Waals surface area contributed by atoms with Crippen LogP contribution in [0.5, 0.6) is 0 Å². The van der Waals surface area contributed by atoms with Crippen molar-refractivity contribution in [2.75, 3.05) is 11.9 Å². The predicted octanol–water partition coefficient (Wildman–Crippen LogP) is 2.66. The van der Waals surface area contributed by atoms with Crippen LogP contribution in [0.25, 0.3) is 0 Å². The third-order valence-corrected chi connectivity index (χ3v) is 3.09. The summed E-state index contributed by atoms with van der Waals surface area (Å²) >= 11 is 0. The molecule has 1 atom stereocenters. The number of rotatable bonds is 5. The van der Waals surface area contributed by atoms with Crippen molar-refractivity contribution in [1.82, 2.24) is 5.32 Å². The van der Waals surface area contributed by atoms with E-state index < -0.39 is 11.8 Å². The number of hydrogen-bond donors (Lipinski definition) is 2. The van der Waals surface area contributed by atoms with Gasteiger partial charge in [0.2, 0.25) is 0 Å². The van der Waals surface area contributed by atoms with Crippen LogP contribution in [0.2, 0.25) is 0 Å². The Balaban J connectivity index is 2.76. The molecule has 1 rings (SSSR count). The smallest absolute Gasteiger partial charge is 0.313 e. The minimum absolute atomic E-state index is 0.343. The molecule has 1 aromatic carbocycles. The van der Waals surface area contributed by atoms with Gasteiger partial charge in [-0.05, 0) is 30.4 Å². The number of anilines is 1. The van der Waals surface area contributed by atoms with Crippen molar-refractivity contribution in [2.24, 2.45) is 0 Å². The third-order valence-electron chi connectivity index (χ3n) is 3.09. The molecule has 0 saturated heterocycles. The standard InChI is InChI=1S/C15H22N2O2/c1-4-10-16-14(18)15(19)17-13-9-7-6-8-12(13)11(3)5-2/h6-9,11H,4-5,10H2,1-3H3,(H,16,18)(H,17,19). The summed E-state index contributed by atoms with van der Waals surface area (Å²) in [6.07, 6.45) is 1.79. The Kier molecular flexibility index (Phi) is 6.06. The number of nitrogens with one attached hydrogen (secondary N) is 2. The van der Waals surface area contributed by atoms with Gasteiger partial charge in [0.05, 0.1) is 0 Å². The lowest BCUT2D eigenvalue weighted by Crippen LogP contribution is -2.35. The number of amides is 2. The largest absolute Gasteiger partial charge is 0.348 e. The second kappa shape index (κ2) is 7.56. The van der Waals surface area contributed by atoms with Crippen LogP contribution in [0.15, 0.2) is 24.3 Å². The van der Waals surface area contributed by atoms with Gasteiger partial charge in [-0.3, -0.25) is 9.59 Å². The predicted molar refractivity (Wildman–Crippen MR) is 77.1 cm³/mol. The molecular formula is C15H22N2O2. The fourth-order valence-corrected chi connectivity index (χ4v) is 1.76. The van der Waals surface area contributed by atoms with E-state index in [9.17, 15) is 9.59 Å². The molecular weight excluding hydrogens is 240 g/mol. The van der Waals surface area contributed by atoms with Gasteiger partial charge in [-0.25, -0.2) is 0 Å². The van der Waals surface area contributed by atoms with E-state index in [0.717, 1.165) is 18.4 Å². The summed E-state index contributed by atoms with van der Waals surface area (Å²) in [4.78, 5) is 23.3. The molecule has 0 fully saturated rings. The first-order chi connectivity index (χ1) is 9.10. The minimum Gasteiger partial charge on any atom is -0.348 e. The number of carbonyl (C=O) groups is 2. The summed E-state index contributed by atoms with van der Waals surface area (Å²) in [6, 6.07) is 7.60. The van der Waals surface area contributed by atoms with Gasteiger partial charge in [0, 0.05) is 12.2 Å². The van der Waals surface area contributed by atoms with Crippen LogP contribution < -0.4 is 10.6 Å². The molecule has 1 aromatic rings. The SMILES string of the molecule is CCCNC(=O)C(=O)Nc1ccccc1C(C)CC. The molecule has 4 heteroatoms. The van der Waals surface area contributed by atoms with E-state index in [0.29, 0.717) is 18.2 Å². The van der Waals surface area contributed by atoms with Crippen molar-refractivity contribution in [2.45, 2.75) is 39.5 Å². The molecule has 19 heavy (non-hydrogen) atoms. The van der Waals surface area contributed by atoms with Crippen molar-refractivity contribution in [3.63, 3.8) is 0 Å². The molecule has 0 saturated carbocycles. The fraction of sp³-hybridized carbons (Fsp3) is 0.467. The summed E-state index contributed by atoms with van der Waals surface area (Å²) in [7, 11) is 0. The lowest BCUT2D eigenvalue weighted by molar-refractivity contribution is -0.136. The van der Waals surface area contributed by atoms with Crippen molar-refractivity contribution >= 4 is 17.5 Å². The Bertz CT molecular complexity index is 444. The summed E-state index contributed by atoms with van der Waals surface area (Å²) < 4.78 is 0. The average molecular weight is 262 g/mol. The molecule has 1 unspecified atom stereocenters. The van der Waals surface area contributed by atoms with E-state index >= 15 is 0 Å². The van der Waals surface area contributed by atoms with Crippen LogP contribution in [0.4, 0.5) is 5.69 Å². The maximum absolute atomic E-state index is 11.8. The van der Waals surface area contributed by atoms with Crippen LogP contribution in [-0.4, -0.2) is 18.4 Å². The monoisotopic (exact) mass is 262 g/mol. The molecule has 104 valence electrons. The first-order valence-corrected chi connectivity index (χ1v) is 6.78. The fourth-order valence-electron chi connectivity index (χ4n) is 1.76. The Hall–Kier alpha value is -1.84. The van der Waals surface area contributed by atoms with E-state index in [1.807, 2.05) is 31.2 Å². The molecule has 0 aliphatic heterocycles. The van der Waals surface area contributed by atoms with Gasteiger partial charge in [-0.15, -0.1) is 0 Å². The zero-order chi connectivity index (χ0) is 14.3. The average Bonchev–Trinajstić information content (AvgIpc) is 2.44. The highest BCUT2D eigenvalue weighted by molar-refractivity contribution is 6.39. The Morgan fingerprint density at radius 3 is 2.47 bits per heavy atom. The van der Waals surface area contributed by atoms with Crippen LogP contribution >= 0.6 is 0 Å². The van der Waals surface area contributed by atoms with Gasteiger partial charge in [0.25, 0.3) is 0 Å². The molecule has 0 heterocycles. The van der Waals surface area contributed by atoms with Crippen molar-refractivity contribution < 1.29 is 9.59 Å². The molecule has 0 bridgehead atoms. The Morgan fingerprint density at radius 1 is 1.16 bits per heavy atom. The van der Waals surface area contributed by atoms with E-state index in [1.165, 1.54) is 0 Å². The Labute approximate surface area is 114 Å². The van der Waals surface area contributed by atoms with Crippen LogP contribution in [-0.2, 0) is 9.59 Å². The van der Waals surface area contributed by atoms with Crippen molar-refractivity contribution in [3.8, 4) is 0 Å². The summed E-state index contributed by atoms with van der Waals surface area (Å²) in [5.74, 6) is -0.847. The minimum atomic E-state index is -0.607. The third kappa shape index (κ3) is 4.39. The molecule has 0 aliphatic carbocycles. The van der Waals surface area contributed by atoms with Crippen LogP contribution in [0.3, 0.4) is 0 Å². The second-order valence-electron chi connectivity index (χ2n) is 4.61. The second-order valence-corrected chi connectivity index (χ2v) is 4.61. The maximum atomic E-state index is 11.8. The molecule has 4 nitrogen and oxygen atoms in total. The van der Waals surface area contributed by atoms with Gasteiger partial charge in [-0.2, -0.15) is 0 Å². The van der Waals surface area contributed by atoms with Crippen molar-refractivity contribution in [1.29, 1.82) is 0 Å². The van der Waals surface area contributed by atoms with Crippen LogP contribution in [0.1, 0.15) is 45.1 Å². The van der Waals surface area contributed by atoms with E-state index in [2.05, 4.69) is 24.5 Å². The van der Waals surface area contributed by atoms with Crippen molar-refractivity contribution in [3.05, 3.63) is 29.8 Å². The molecule has 2 N–H and O–H groups in total. The lowest BCUT2D eigenvalue weighted by Gasteiger charge is -2.15. The van der Waals surface area contributed by atoms with Gasteiger partial charge in [-0.1, -0.05) is 39.0 Å². The van der Waals surface area contributed by atoms with Gasteiger partial charge in [0.1, 0.15) is 0 Å². The van der Waals surface area contributed by atoms with E-state index in [-0.39, 0.29) is 0 Å². The number of hydrogen-bond acceptors (Lipinski definition) is 2. The molecule has 2 amide bonds. The topological polar surface area (TPSA) is 58.2 Å². The quantitative estimate of drug-likeness (QED) is 0.801. The maximum Gasteiger partial charge on any atom is 0.313 e. The first-order valence-electron chi connectivity index (χ1n) is 6.78. The highest BCUT2D eigenvalue weighted by atomic mass is 16.2. The normalized spacial score (nSPS) is 11.7. The van der Waals surface area contributed by atoms with Gasteiger partial charge >= 0.3 is 11.8 Å². The summed E-state index contributed by atoms with van der Waals surface area (Å²) in [6.45, 7) is 6.65. The molecule has 0 spiro atoms. The van der Waals surface area contributed by atoms with Crippen LogP contribution in [0, 0.1) is 0 Å². The lowest BCUT2D eigenvalue weighted by atomic mass is 9.97. The molecule has 0 aromatic heterocycles. The zero-order valence-electron chi connectivity index (χ0n) is 11.8. The number of para-hydroxylation sites is 1. The summed E-state index contributed by atoms with van der Waals surface area (Å²) in [5, 5.41) is 5.25. The van der Waals surface area contributed by atoms with E-state index in [4.69, 9.17) is 0 Å². The molecule has 0 radical (unpaired) electrons. The molecule has 0 aliphatic rings. The highest BCUT2D eigenvalue weighted by Crippen LogP contribution is 2.26. The van der Waals surface area contributed by atoms with Gasteiger partial charge < -0.3 is 10.6 Å².